The lowest BCUT2D eigenvalue weighted by molar-refractivity contribution is -0.218. The first-order chi connectivity index (χ1) is 11.7. The van der Waals surface area contributed by atoms with Crippen molar-refractivity contribution in [3.63, 3.8) is 0 Å². The molecular weight excluding hydrogens is 338 g/mol. The molecule has 1 amide bonds. The molecule has 2 aromatic rings. The van der Waals surface area contributed by atoms with E-state index in [1.54, 1.807) is 20.9 Å². The Bertz CT molecular complexity index is 869. The molecule has 130 valence electrons. The number of hydrogen-bond donors (Lipinski definition) is 1. The summed E-state index contributed by atoms with van der Waals surface area (Å²) in [5.74, 6) is -0.430. The van der Waals surface area contributed by atoms with Crippen molar-refractivity contribution in [1.82, 2.24) is 5.06 Å². The first-order valence-corrected chi connectivity index (χ1v) is 8.36. The summed E-state index contributed by atoms with van der Waals surface area (Å²) in [6, 6.07) is 13.3. The number of aliphatic hydroxyl groups excluding tert-OH is 1. The molecule has 1 heterocycles. The van der Waals surface area contributed by atoms with E-state index in [1.165, 1.54) is 5.06 Å². The molecule has 25 heavy (non-hydrogen) atoms. The van der Waals surface area contributed by atoms with Crippen molar-refractivity contribution in [3.05, 3.63) is 64.4 Å². The van der Waals surface area contributed by atoms with E-state index in [0.29, 0.717) is 10.6 Å². The number of hydroxylamine groups is 2. The molecule has 5 heteroatoms. The zero-order valence-corrected chi connectivity index (χ0v) is 15.4. The Balaban J connectivity index is 2.18. The average molecular weight is 358 g/mol. The molecule has 1 aliphatic heterocycles. The van der Waals surface area contributed by atoms with Gasteiger partial charge in [-0.05, 0) is 61.2 Å². The SMILES string of the molecule is Cc1ccc(-c2ccc(Cl)cc2)cc1C1=C(O)C(C)(C)ON(C)C1=O. The molecule has 1 aliphatic rings. The van der Waals surface area contributed by atoms with Crippen LogP contribution in [-0.2, 0) is 9.63 Å². The van der Waals surface area contributed by atoms with Crippen molar-refractivity contribution in [2.75, 3.05) is 7.05 Å². The number of benzene rings is 2. The monoisotopic (exact) mass is 357 g/mol. The fourth-order valence-corrected chi connectivity index (χ4v) is 3.07. The predicted molar refractivity (Wildman–Crippen MR) is 99.1 cm³/mol. The van der Waals surface area contributed by atoms with Gasteiger partial charge in [0.15, 0.2) is 0 Å². The van der Waals surface area contributed by atoms with Gasteiger partial charge in [0, 0.05) is 12.1 Å². The summed E-state index contributed by atoms with van der Waals surface area (Å²) >= 11 is 5.96. The maximum atomic E-state index is 12.6. The summed E-state index contributed by atoms with van der Waals surface area (Å²) in [6.45, 7) is 5.37. The molecule has 0 atom stereocenters. The molecule has 3 rings (SSSR count). The third kappa shape index (κ3) is 3.15. The van der Waals surface area contributed by atoms with Crippen molar-refractivity contribution in [2.45, 2.75) is 26.4 Å². The Kier molecular flexibility index (Phi) is 4.35. The first kappa shape index (κ1) is 17.5. The smallest absolute Gasteiger partial charge is 0.281 e. The molecule has 0 bridgehead atoms. The molecule has 0 unspecified atom stereocenters. The number of hydrogen-bond acceptors (Lipinski definition) is 3. The number of likely N-dealkylation sites (N-methyl/N-ethyl adjacent to an activating group) is 1. The zero-order valence-electron chi connectivity index (χ0n) is 14.6. The lowest BCUT2D eigenvalue weighted by Gasteiger charge is -2.36. The van der Waals surface area contributed by atoms with Crippen molar-refractivity contribution in [1.29, 1.82) is 0 Å². The number of nitrogens with zero attached hydrogens (tertiary/aromatic N) is 1. The number of rotatable bonds is 2. The predicted octanol–water partition coefficient (Wildman–Crippen LogP) is 4.77. The number of amides is 1. The van der Waals surface area contributed by atoms with E-state index in [2.05, 4.69) is 0 Å². The van der Waals surface area contributed by atoms with Gasteiger partial charge in [-0.1, -0.05) is 35.9 Å². The van der Waals surface area contributed by atoms with Crippen molar-refractivity contribution < 1.29 is 14.7 Å². The molecule has 0 aliphatic carbocycles. The van der Waals surface area contributed by atoms with Crippen LogP contribution in [0, 0.1) is 6.92 Å². The van der Waals surface area contributed by atoms with Crippen molar-refractivity contribution >= 4 is 23.1 Å². The summed E-state index contributed by atoms with van der Waals surface area (Å²) in [7, 11) is 1.55. The molecule has 0 aromatic heterocycles. The Morgan fingerprint density at radius 1 is 1.08 bits per heavy atom. The summed E-state index contributed by atoms with van der Waals surface area (Å²) < 4.78 is 0. The fourth-order valence-electron chi connectivity index (χ4n) is 2.94. The molecule has 0 radical (unpaired) electrons. The third-order valence-electron chi connectivity index (χ3n) is 4.36. The summed E-state index contributed by atoms with van der Waals surface area (Å²) in [6.07, 6.45) is 0. The standard InChI is InChI=1S/C20H20ClNO3/c1-12-5-6-14(13-7-9-15(21)10-8-13)11-16(12)17-18(23)20(2,3)25-22(4)19(17)24/h5-11,23H,1-4H3. The molecule has 0 saturated heterocycles. The van der Waals surface area contributed by atoms with Gasteiger partial charge in [-0.15, -0.1) is 0 Å². The van der Waals surface area contributed by atoms with Crippen molar-refractivity contribution in [2.24, 2.45) is 0 Å². The topological polar surface area (TPSA) is 49.8 Å². The van der Waals surface area contributed by atoms with Gasteiger partial charge in [-0.25, -0.2) is 5.06 Å². The van der Waals surface area contributed by atoms with Gasteiger partial charge in [0.25, 0.3) is 5.91 Å². The van der Waals surface area contributed by atoms with E-state index in [9.17, 15) is 9.90 Å². The minimum absolute atomic E-state index is 0.0630. The zero-order chi connectivity index (χ0) is 18.4. The van der Waals surface area contributed by atoms with Gasteiger partial charge < -0.3 is 5.11 Å². The highest BCUT2D eigenvalue weighted by molar-refractivity contribution is 6.30. The highest BCUT2D eigenvalue weighted by atomic mass is 35.5. The van der Waals surface area contributed by atoms with Crippen LogP contribution in [0.4, 0.5) is 0 Å². The van der Waals surface area contributed by atoms with Crippen LogP contribution in [0.15, 0.2) is 48.2 Å². The molecule has 0 fully saturated rings. The number of carbonyl (C=O) groups is 1. The van der Waals surface area contributed by atoms with E-state index in [1.807, 2.05) is 49.4 Å². The highest BCUT2D eigenvalue weighted by Gasteiger charge is 2.40. The van der Waals surface area contributed by atoms with Crippen LogP contribution in [0.25, 0.3) is 16.7 Å². The van der Waals surface area contributed by atoms with E-state index < -0.39 is 5.60 Å². The Labute approximate surface area is 152 Å². The summed E-state index contributed by atoms with van der Waals surface area (Å²) in [4.78, 5) is 18.1. The van der Waals surface area contributed by atoms with Crippen LogP contribution in [0.3, 0.4) is 0 Å². The van der Waals surface area contributed by atoms with Gasteiger partial charge >= 0.3 is 0 Å². The number of aryl methyl sites for hydroxylation is 1. The number of aliphatic hydroxyl groups is 1. The molecule has 0 spiro atoms. The molecule has 2 aromatic carbocycles. The summed E-state index contributed by atoms with van der Waals surface area (Å²) in [5, 5.41) is 12.5. The molecule has 1 N–H and O–H groups in total. The van der Waals surface area contributed by atoms with Gasteiger partial charge in [-0.2, -0.15) is 0 Å². The van der Waals surface area contributed by atoms with Gasteiger partial charge in [0.2, 0.25) is 0 Å². The Hall–Kier alpha value is -2.30. The minimum atomic E-state index is -0.972. The number of carbonyl (C=O) groups excluding carboxylic acids is 1. The Morgan fingerprint density at radius 3 is 2.32 bits per heavy atom. The summed E-state index contributed by atoms with van der Waals surface area (Å²) in [5.41, 5.74) is 2.82. The van der Waals surface area contributed by atoms with Gasteiger partial charge in [0.05, 0.1) is 5.57 Å². The Morgan fingerprint density at radius 2 is 1.68 bits per heavy atom. The van der Waals surface area contributed by atoms with E-state index in [4.69, 9.17) is 16.4 Å². The first-order valence-electron chi connectivity index (χ1n) is 7.98. The second kappa shape index (κ2) is 6.21. The number of halogens is 1. The van der Waals surface area contributed by atoms with E-state index >= 15 is 0 Å². The minimum Gasteiger partial charge on any atom is -0.508 e. The maximum Gasteiger partial charge on any atom is 0.281 e. The van der Waals surface area contributed by atoms with Crippen molar-refractivity contribution in [3.8, 4) is 11.1 Å². The lowest BCUT2D eigenvalue weighted by atomic mass is 9.90. The molecular formula is C20H20ClNO3. The molecule has 0 saturated carbocycles. The normalized spacial score (nSPS) is 17.2. The lowest BCUT2D eigenvalue weighted by Crippen LogP contribution is -2.45. The van der Waals surface area contributed by atoms with Crippen LogP contribution in [-0.4, -0.2) is 28.7 Å². The van der Waals surface area contributed by atoms with Crippen LogP contribution < -0.4 is 0 Å². The maximum absolute atomic E-state index is 12.6. The van der Waals surface area contributed by atoms with E-state index in [-0.39, 0.29) is 17.2 Å². The largest absolute Gasteiger partial charge is 0.508 e. The second-order valence-electron chi connectivity index (χ2n) is 6.66. The fraction of sp³-hybridized carbons (Fsp3) is 0.250. The van der Waals surface area contributed by atoms with Crippen LogP contribution in [0.1, 0.15) is 25.0 Å². The van der Waals surface area contributed by atoms with Gasteiger partial charge in [-0.3, -0.25) is 9.63 Å². The van der Waals surface area contributed by atoms with Gasteiger partial charge in [0.1, 0.15) is 11.4 Å². The average Bonchev–Trinajstić information content (AvgIpc) is 2.55. The van der Waals surface area contributed by atoms with E-state index in [0.717, 1.165) is 16.7 Å². The van der Waals surface area contributed by atoms with Crippen LogP contribution >= 0.6 is 11.6 Å². The van der Waals surface area contributed by atoms with Crippen LogP contribution in [0.2, 0.25) is 5.02 Å². The highest BCUT2D eigenvalue weighted by Crippen LogP contribution is 2.36. The second-order valence-corrected chi connectivity index (χ2v) is 7.10. The van der Waals surface area contributed by atoms with Crippen LogP contribution in [0.5, 0.6) is 0 Å². The molecule has 4 nitrogen and oxygen atoms in total. The quantitative estimate of drug-likeness (QED) is 0.842. The third-order valence-corrected chi connectivity index (χ3v) is 4.61.